The summed E-state index contributed by atoms with van der Waals surface area (Å²) in [6.07, 6.45) is 4.00. The highest BCUT2D eigenvalue weighted by Crippen LogP contribution is 2.27. The fourth-order valence-electron chi connectivity index (χ4n) is 1.66. The van der Waals surface area contributed by atoms with Gasteiger partial charge in [0.1, 0.15) is 0 Å². The van der Waals surface area contributed by atoms with E-state index in [1.54, 1.807) is 6.07 Å². The standard InChI is InChI=1S/C12H15ClN2O2S/c1-2-3-4-5-9-6-11(13)12(15-18(16)17)7-10(9)8-14/h6-7,15H,2-5H2,1H3,(H,16,17). The number of hydrogen-bond donors (Lipinski definition) is 2. The lowest BCUT2D eigenvalue weighted by atomic mass is 10.0. The van der Waals surface area contributed by atoms with Gasteiger partial charge in [0, 0.05) is 0 Å². The topological polar surface area (TPSA) is 73.1 Å². The van der Waals surface area contributed by atoms with Gasteiger partial charge in [-0.1, -0.05) is 31.4 Å². The lowest BCUT2D eigenvalue weighted by Crippen LogP contribution is -2.04. The predicted molar refractivity (Wildman–Crippen MR) is 73.8 cm³/mol. The van der Waals surface area contributed by atoms with Crippen molar-refractivity contribution in [2.75, 3.05) is 4.72 Å². The Morgan fingerprint density at radius 3 is 2.78 bits per heavy atom. The summed E-state index contributed by atoms with van der Waals surface area (Å²) in [4.78, 5) is 0. The quantitative estimate of drug-likeness (QED) is 0.621. The van der Waals surface area contributed by atoms with Crippen molar-refractivity contribution in [1.29, 1.82) is 5.26 Å². The van der Waals surface area contributed by atoms with Crippen LogP contribution in [0.25, 0.3) is 0 Å². The average Bonchev–Trinajstić information content (AvgIpc) is 2.32. The van der Waals surface area contributed by atoms with E-state index < -0.39 is 11.3 Å². The Balaban J connectivity index is 2.96. The zero-order valence-electron chi connectivity index (χ0n) is 10.1. The van der Waals surface area contributed by atoms with Crippen molar-refractivity contribution in [2.24, 2.45) is 0 Å². The number of benzene rings is 1. The molecule has 0 saturated carbocycles. The second kappa shape index (κ2) is 7.37. The molecule has 98 valence electrons. The largest absolute Gasteiger partial charge is 0.289 e. The summed E-state index contributed by atoms with van der Waals surface area (Å²) in [7, 11) is 0. The molecule has 0 aliphatic rings. The molecule has 0 amide bonds. The fraction of sp³-hybridized carbons (Fsp3) is 0.417. The zero-order valence-corrected chi connectivity index (χ0v) is 11.6. The van der Waals surface area contributed by atoms with Gasteiger partial charge >= 0.3 is 0 Å². The van der Waals surface area contributed by atoms with Crippen LogP contribution in [0.1, 0.15) is 37.3 Å². The first-order valence-corrected chi connectivity index (χ1v) is 7.17. The maximum Gasteiger partial charge on any atom is 0.259 e. The van der Waals surface area contributed by atoms with E-state index in [9.17, 15) is 4.21 Å². The number of rotatable bonds is 6. The molecule has 1 unspecified atom stereocenters. The molecular formula is C12H15ClN2O2S. The lowest BCUT2D eigenvalue weighted by molar-refractivity contribution is 0.570. The van der Waals surface area contributed by atoms with Crippen LogP contribution in [-0.2, 0) is 17.7 Å². The minimum Gasteiger partial charge on any atom is -0.289 e. The number of unbranched alkanes of at least 4 members (excludes halogenated alkanes) is 2. The van der Waals surface area contributed by atoms with E-state index in [1.807, 2.05) is 0 Å². The van der Waals surface area contributed by atoms with Crippen LogP contribution in [0.5, 0.6) is 0 Å². The Labute approximate surface area is 114 Å². The molecule has 1 aromatic carbocycles. The number of halogens is 1. The van der Waals surface area contributed by atoms with Crippen molar-refractivity contribution in [2.45, 2.75) is 32.6 Å². The van der Waals surface area contributed by atoms with Crippen LogP contribution in [0.3, 0.4) is 0 Å². The summed E-state index contributed by atoms with van der Waals surface area (Å²) in [5.41, 5.74) is 1.67. The van der Waals surface area contributed by atoms with E-state index >= 15 is 0 Å². The summed E-state index contributed by atoms with van der Waals surface area (Å²) >= 11 is 3.80. The second-order valence-electron chi connectivity index (χ2n) is 3.91. The number of nitriles is 1. The van der Waals surface area contributed by atoms with Gasteiger partial charge in [0.2, 0.25) is 0 Å². The van der Waals surface area contributed by atoms with Crippen molar-refractivity contribution >= 4 is 28.6 Å². The van der Waals surface area contributed by atoms with Crippen molar-refractivity contribution < 1.29 is 8.76 Å². The Kier molecular flexibility index (Phi) is 6.13. The van der Waals surface area contributed by atoms with Gasteiger partial charge in [-0.15, -0.1) is 0 Å². The third-order valence-corrected chi connectivity index (χ3v) is 3.27. The predicted octanol–water partition coefficient (Wildman–Crippen LogP) is 3.49. The number of aryl methyl sites for hydroxylation is 1. The smallest absolute Gasteiger partial charge is 0.259 e. The summed E-state index contributed by atoms with van der Waals surface area (Å²) in [5.74, 6) is 0. The molecular weight excluding hydrogens is 272 g/mol. The second-order valence-corrected chi connectivity index (χ2v) is 5.02. The molecule has 0 radical (unpaired) electrons. The molecule has 0 heterocycles. The molecule has 0 aromatic heterocycles. The molecule has 0 aliphatic carbocycles. The van der Waals surface area contributed by atoms with Crippen LogP contribution >= 0.6 is 11.6 Å². The molecule has 1 aromatic rings. The molecule has 0 bridgehead atoms. The Hall–Kier alpha value is -1.09. The first-order valence-electron chi connectivity index (χ1n) is 5.68. The van der Waals surface area contributed by atoms with E-state index in [1.165, 1.54) is 6.07 Å². The van der Waals surface area contributed by atoms with Crippen LogP contribution < -0.4 is 4.72 Å². The third-order valence-electron chi connectivity index (χ3n) is 2.56. The van der Waals surface area contributed by atoms with Crippen molar-refractivity contribution in [3.05, 3.63) is 28.3 Å². The molecule has 4 nitrogen and oxygen atoms in total. The highest BCUT2D eigenvalue weighted by atomic mass is 35.5. The van der Waals surface area contributed by atoms with Gasteiger partial charge in [0.15, 0.2) is 0 Å². The van der Waals surface area contributed by atoms with E-state index in [4.69, 9.17) is 21.4 Å². The zero-order chi connectivity index (χ0) is 13.5. The molecule has 2 N–H and O–H groups in total. The molecule has 0 aliphatic heterocycles. The lowest BCUT2D eigenvalue weighted by Gasteiger charge is -2.09. The molecule has 0 saturated heterocycles. The van der Waals surface area contributed by atoms with E-state index in [0.717, 1.165) is 31.2 Å². The molecule has 0 spiro atoms. The molecule has 1 atom stereocenters. The number of anilines is 1. The van der Waals surface area contributed by atoms with Gasteiger partial charge in [0.25, 0.3) is 11.3 Å². The van der Waals surface area contributed by atoms with Gasteiger partial charge < -0.3 is 0 Å². The van der Waals surface area contributed by atoms with Gasteiger partial charge in [-0.2, -0.15) is 5.26 Å². The Bertz CT molecular complexity index is 486. The SMILES string of the molecule is CCCCCc1cc(Cl)c(NS(=O)O)cc1C#N. The minimum atomic E-state index is -2.19. The number of nitrogens with zero attached hydrogens (tertiary/aromatic N) is 1. The highest BCUT2D eigenvalue weighted by molar-refractivity contribution is 7.80. The monoisotopic (exact) mass is 286 g/mol. The first-order chi connectivity index (χ1) is 8.58. The summed E-state index contributed by atoms with van der Waals surface area (Å²) in [5, 5.41) is 9.42. The van der Waals surface area contributed by atoms with Crippen LogP contribution in [0.4, 0.5) is 5.69 Å². The van der Waals surface area contributed by atoms with Gasteiger partial charge in [-0.3, -0.25) is 9.27 Å². The number of hydrogen-bond acceptors (Lipinski definition) is 2. The molecule has 1 rings (SSSR count). The van der Waals surface area contributed by atoms with Crippen molar-refractivity contribution in [1.82, 2.24) is 0 Å². The normalized spacial score (nSPS) is 11.9. The maximum absolute atomic E-state index is 10.7. The first kappa shape index (κ1) is 15.0. The van der Waals surface area contributed by atoms with Crippen molar-refractivity contribution in [3.8, 4) is 6.07 Å². The number of nitrogens with one attached hydrogen (secondary N) is 1. The molecule has 6 heteroatoms. The van der Waals surface area contributed by atoms with E-state index in [0.29, 0.717) is 16.3 Å². The van der Waals surface area contributed by atoms with Gasteiger partial charge in [-0.25, -0.2) is 4.21 Å². The van der Waals surface area contributed by atoms with E-state index in [2.05, 4.69) is 17.7 Å². The highest BCUT2D eigenvalue weighted by Gasteiger charge is 2.09. The molecule has 18 heavy (non-hydrogen) atoms. The van der Waals surface area contributed by atoms with Gasteiger partial charge in [-0.05, 0) is 30.5 Å². The minimum absolute atomic E-state index is 0.299. The maximum atomic E-state index is 10.7. The van der Waals surface area contributed by atoms with Crippen LogP contribution in [0.2, 0.25) is 5.02 Å². The summed E-state index contributed by atoms with van der Waals surface area (Å²) in [6.45, 7) is 2.11. The average molecular weight is 287 g/mol. The Morgan fingerprint density at radius 1 is 1.50 bits per heavy atom. The summed E-state index contributed by atoms with van der Waals surface area (Å²) < 4.78 is 21.7. The summed E-state index contributed by atoms with van der Waals surface area (Å²) in [6, 6.07) is 5.28. The van der Waals surface area contributed by atoms with E-state index in [-0.39, 0.29) is 0 Å². The van der Waals surface area contributed by atoms with Gasteiger partial charge in [0.05, 0.1) is 22.3 Å². The van der Waals surface area contributed by atoms with Crippen LogP contribution in [0.15, 0.2) is 12.1 Å². The van der Waals surface area contributed by atoms with Crippen LogP contribution in [0, 0.1) is 11.3 Å². The fourth-order valence-corrected chi connectivity index (χ4v) is 2.31. The van der Waals surface area contributed by atoms with Crippen molar-refractivity contribution in [3.63, 3.8) is 0 Å². The Morgan fingerprint density at radius 2 is 2.22 bits per heavy atom. The third kappa shape index (κ3) is 4.30. The molecule has 0 fully saturated rings. The van der Waals surface area contributed by atoms with Crippen LogP contribution in [-0.4, -0.2) is 8.76 Å².